The van der Waals surface area contributed by atoms with Gasteiger partial charge in [-0.15, -0.1) is 0 Å². The van der Waals surface area contributed by atoms with Gasteiger partial charge in [0.05, 0.1) is 12.3 Å². The van der Waals surface area contributed by atoms with E-state index in [1.807, 2.05) is 54.6 Å². The fraction of sp³-hybridized carbons (Fsp3) is 0.105. The fourth-order valence-electron chi connectivity index (χ4n) is 2.46. The zero-order valence-electron chi connectivity index (χ0n) is 12.9. The summed E-state index contributed by atoms with van der Waals surface area (Å²) in [5.74, 6) is 0.170. The van der Waals surface area contributed by atoms with Crippen molar-refractivity contribution in [2.45, 2.75) is 13.2 Å². The van der Waals surface area contributed by atoms with Crippen molar-refractivity contribution in [3.8, 4) is 11.4 Å². The highest BCUT2D eigenvalue weighted by molar-refractivity contribution is 9.10. The Kier molecular flexibility index (Phi) is 5.13. The highest BCUT2D eigenvalue weighted by Gasteiger charge is 2.13. The van der Waals surface area contributed by atoms with Gasteiger partial charge in [-0.05, 0) is 23.8 Å². The monoisotopic (exact) mass is 385 g/mol. The average Bonchev–Trinajstić information content (AvgIpc) is 2.61. The summed E-state index contributed by atoms with van der Waals surface area (Å²) in [5, 5.41) is 9.80. The number of benzene rings is 2. The van der Waals surface area contributed by atoms with E-state index >= 15 is 0 Å². The van der Waals surface area contributed by atoms with Crippen LogP contribution in [0.1, 0.15) is 11.3 Å². The molecule has 122 valence electrons. The minimum absolute atomic E-state index is 0.170. The summed E-state index contributed by atoms with van der Waals surface area (Å²) in [7, 11) is 0. The summed E-state index contributed by atoms with van der Waals surface area (Å²) in [6, 6.07) is 18.7. The molecule has 1 heterocycles. The molecule has 3 aromatic rings. The maximum Gasteiger partial charge on any atom is 0.223 e. The van der Waals surface area contributed by atoms with E-state index in [1.165, 1.54) is 6.07 Å². The van der Waals surface area contributed by atoms with E-state index < -0.39 is 0 Å². The Morgan fingerprint density at radius 2 is 1.83 bits per heavy atom. The van der Waals surface area contributed by atoms with Crippen LogP contribution in [-0.4, -0.2) is 9.67 Å². The zero-order valence-corrected chi connectivity index (χ0v) is 14.4. The molecule has 0 unspecified atom stereocenters. The van der Waals surface area contributed by atoms with Gasteiger partial charge in [-0.3, -0.25) is 4.79 Å². The quantitative estimate of drug-likeness (QED) is 0.728. The van der Waals surface area contributed by atoms with E-state index in [9.17, 15) is 9.90 Å². The molecular formula is C19H16BrNO3. The van der Waals surface area contributed by atoms with Crippen molar-refractivity contribution in [1.82, 2.24) is 4.57 Å². The number of pyridine rings is 1. The standard InChI is InChI=1S/C19H16BrNO3/c20-15-7-4-8-16(11-15)21-10-9-18(23)19(17(21)12-22)24-13-14-5-2-1-3-6-14/h1-11,22H,12-13H2. The Morgan fingerprint density at radius 1 is 1.04 bits per heavy atom. The number of rotatable bonds is 5. The van der Waals surface area contributed by atoms with E-state index in [4.69, 9.17) is 4.74 Å². The molecule has 0 fully saturated rings. The van der Waals surface area contributed by atoms with Gasteiger partial charge in [-0.25, -0.2) is 0 Å². The molecule has 0 aliphatic rings. The number of hydrogen-bond donors (Lipinski definition) is 1. The second-order valence-corrected chi connectivity index (χ2v) is 6.15. The summed E-state index contributed by atoms with van der Waals surface area (Å²) >= 11 is 3.43. The van der Waals surface area contributed by atoms with Crippen molar-refractivity contribution in [3.63, 3.8) is 0 Å². The molecule has 0 saturated heterocycles. The van der Waals surface area contributed by atoms with Crippen molar-refractivity contribution in [1.29, 1.82) is 0 Å². The Labute approximate surface area is 148 Å². The normalized spacial score (nSPS) is 10.6. The number of aromatic nitrogens is 1. The molecule has 0 spiro atoms. The molecule has 2 aromatic carbocycles. The molecule has 3 rings (SSSR count). The first kappa shape index (κ1) is 16.5. The van der Waals surface area contributed by atoms with Gasteiger partial charge in [0.1, 0.15) is 6.61 Å². The first-order valence-corrected chi connectivity index (χ1v) is 8.26. The lowest BCUT2D eigenvalue weighted by Gasteiger charge is -2.16. The number of nitrogens with zero attached hydrogens (tertiary/aromatic N) is 1. The molecule has 1 N–H and O–H groups in total. The fourth-order valence-corrected chi connectivity index (χ4v) is 2.85. The minimum Gasteiger partial charge on any atom is -0.483 e. The molecule has 0 saturated carbocycles. The molecule has 0 radical (unpaired) electrons. The highest BCUT2D eigenvalue weighted by atomic mass is 79.9. The van der Waals surface area contributed by atoms with Crippen LogP contribution in [-0.2, 0) is 13.2 Å². The number of hydrogen-bond acceptors (Lipinski definition) is 3. The van der Waals surface area contributed by atoms with Crippen LogP contribution in [0.2, 0.25) is 0 Å². The van der Waals surface area contributed by atoms with Gasteiger partial charge < -0.3 is 14.4 Å². The zero-order chi connectivity index (χ0) is 16.9. The largest absolute Gasteiger partial charge is 0.483 e. The van der Waals surface area contributed by atoms with E-state index in [0.717, 1.165) is 15.7 Å². The maximum absolute atomic E-state index is 12.2. The molecule has 0 bridgehead atoms. The Bertz CT molecular complexity index is 891. The predicted molar refractivity (Wildman–Crippen MR) is 96.4 cm³/mol. The second-order valence-electron chi connectivity index (χ2n) is 5.24. The van der Waals surface area contributed by atoms with Gasteiger partial charge in [0.25, 0.3) is 0 Å². The van der Waals surface area contributed by atoms with E-state index in [1.54, 1.807) is 10.8 Å². The van der Waals surface area contributed by atoms with Crippen molar-refractivity contribution in [2.24, 2.45) is 0 Å². The number of ether oxygens (including phenoxy) is 1. The van der Waals surface area contributed by atoms with Gasteiger partial charge in [-0.1, -0.05) is 52.3 Å². The molecule has 4 nitrogen and oxygen atoms in total. The van der Waals surface area contributed by atoms with Crippen molar-refractivity contribution in [3.05, 3.63) is 92.8 Å². The maximum atomic E-state index is 12.2. The van der Waals surface area contributed by atoms with E-state index in [0.29, 0.717) is 5.69 Å². The van der Waals surface area contributed by atoms with Crippen LogP contribution < -0.4 is 10.2 Å². The molecule has 24 heavy (non-hydrogen) atoms. The lowest BCUT2D eigenvalue weighted by Crippen LogP contribution is -2.16. The summed E-state index contributed by atoms with van der Waals surface area (Å²) in [6.45, 7) is -0.0295. The van der Waals surface area contributed by atoms with Crippen molar-refractivity contribution in [2.75, 3.05) is 0 Å². The number of aliphatic hydroxyl groups excluding tert-OH is 1. The summed E-state index contributed by atoms with van der Waals surface area (Å²) in [5.41, 5.74) is 1.97. The SMILES string of the molecule is O=c1ccn(-c2cccc(Br)c2)c(CO)c1OCc1ccccc1. The third-order valence-corrected chi connectivity index (χ3v) is 4.11. The molecule has 5 heteroatoms. The van der Waals surface area contributed by atoms with Gasteiger partial charge in [0.15, 0.2) is 5.75 Å². The van der Waals surface area contributed by atoms with Gasteiger partial charge in [0, 0.05) is 22.4 Å². The molecule has 0 aliphatic carbocycles. The lowest BCUT2D eigenvalue weighted by molar-refractivity contribution is 0.248. The Hall–Kier alpha value is -2.37. The summed E-state index contributed by atoms with van der Waals surface area (Å²) in [6.07, 6.45) is 1.64. The molecule has 0 aliphatic heterocycles. The predicted octanol–water partition coefficient (Wildman–Crippen LogP) is 3.67. The van der Waals surface area contributed by atoms with Crippen LogP contribution in [0.4, 0.5) is 0 Å². The smallest absolute Gasteiger partial charge is 0.223 e. The van der Waals surface area contributed by atoms with Crippen LogP contribution >= 0.6 is 15.9 Å². The summed E-state index contributed by atoms with van der Waals surface area (Å²) < 4.78 is 8.40. The third kappa shape index (κ3) is 3.58. The second kappa shape index (κ2) is 7.47. The third-order valence-electron chi connectivity index (χ3n) is 3.61. The Balaban J connectivity index is 1.99. The van der Waals surface area contributed by atoms with E-state index in [-0.39, 0.29) is 24.4 Å². The van der Waals surface area contributed by atoms with Crippen molar-refractivity contribution < 1.29 is 9.84 Å². The van der Waals surface area contributed by atoms with E-state index in [2.05, 4.69) is 15.9 Å². The van der Waals surface area contributed by atoms with Gasteiger partial charge in [0.2, 0.25) is 5.43 Å². The number of aliphatic hydroxyl groups is 1. The van der Waals surface area contributed by atoms with Crippen LogP contribution in [0.3, 0.4) is 0 Å². The average molecular weight is 386 g/mol. The van der Waals surface area contributed by atoms with Crippen LogP contribution in [0, 0.1) is 0 Å². The van der Waals surface area contributed by atoms with Crippen LogP contribution in [0.5, 0.6) is 5.75 Å². The minimum atomic E-state index is -0.299. The highest BCUT2D eigenvalue weighted by Crippen LogP contribution is 2.22. The molecular weight excluding hydrogens is 370 g/mol. The molecule has 0 amide bonds. The lowest BCUT2D eigenvalue weighted by atomic mass is 10.2. The first-order chi connectivity index (χ1) is 11.7. The van der Waals surface area contributed by atoms with Crippen molar-refractivity contribution >= 4 is 15.9 Å². The summed E-state index contributed by atoms with van der Waals surface area (Å²) in [4.78, 5) is 12.2. The van der Waals surface area contributed by atoms with Gasteiger partial charge in [-0.2, -0.15) is 0 Å². The molecule has 0 atom stereocenters. The van der Waals surface area contributed by atoms with Crippen LogP contribution in [0.15, 0.2) is 76.1 Å². The first-order valence-electron chi connectivity index (χ1n) is 7.47. The Morgan fingerprint density at radius 3 is 2.54 bits per heavy atom. The van der Waals surface area contributed by atoms with Gasteiger partial charge >= 0.3 is 0 Å². The topological polar surface area (TPSA) is 51.5 Å². The van der Waals surface area contributed by atoms with Crippen LogP contribution in [0.25, 0.3) is 5.69 Å². The number of halogens is 1. The molecule has 1 aromatic heterocycles.